The molecule has 0 bridgehead atoms. The Bertz CT molecular complexity index is 984. The zero-order chi connectivity index (χ0) is 24.4. The average Bonchev–Trinajstić information content (AvgIpc) is 2.78. The second-order valence-corrected chi connectivity index (χ2v) is 7.24. The van der Waals surface area contributed by atoms with Gasteiger partial charge in [0, 0.05) is 5.69 Å². The van der Waals surface area contributed by atoms with Crippen molar-refractivity contribution in [3.8, 4) is 0 Å². The molecule has 7 nitrogen and oxygen atoms in total. The number of anilines is 2. The fraction of sp³-hybridized carbons (Fsp3) is 0.348. The Hall–Kier alpha value is -3.40. The highest BCUT2D eigenvalue weighted by Crippen LogP contribution is 2.19. The van der Waals surface area contributed by atoms with Gasteiger partial charge in [0.1, 0.15) is 0 Å². The molecule has 0 saturated heterocycles. The summed E-state index contributed by atoms with van der Waals surface area (Å²) in [5, 5.41) is 4.85. The smallest absolute Gasteiger partial charge is 0.338 e. The lowest BCUT2D eigenvalue weighted by Gasteiger charge is -2.20. The van der Waals surface area contributed by atoms with E-state index in [4.69, 9.17) is 4.74 Å². The number of esters is 1. The van der Waals surface area contributed by atoms with Gasteiger partial charge in [0.15, 0.2) is 17.5 Å². The number of hydrogen-bond acceptors (Lipinski definition) is 5. The Morgan fingerprint density at radius 3 is 2.09 bits per heavy atom. The van der Waals surface area contributed by atoms with Crippen molar-refractivity contribution in [3.05, 3.63) is 59.4 Å². The zero-order valence-corrected chi connectivity index (χ0v) is 18.4. The Kier molecular flexibility index (Phi) is 9.86. The first kappa shape index (κ1) is 25.9. The summed E-state index contributed by atoms with van der Waals surface area (Å²) in [5.74, 6) is -6.08. The van der Waals surface area contributed by atoms with E-state index in [-0.39, 0.29) is 13.1 Å². The first-order valence-electron chi connectivity index (χ1n) is 10.5. The molecule has 178 valence electrons. The number of amides is 2. The monoisotopic (exact) mass is 465 g/mol. The molecule has 0 unspecified atom stereocenters. The molecule has 0 atom stereocenters. The van der Waals surface area contributed by atoms with Gasteiger partial charge in [0.2, 0.25) is 11.8 Å². The van der Waals surface area contributed by atoms with Crippen LogP contribution in [0.25, 0.3) is 0 Å². The van der Waals surface area contributed by atoms with E-state index in [1.54, 1.807) is 12.1 Å². The van der Waals surface area contributed by atoms with E-state index in [0.29, 0.717) is 43.3 Å². The van der Waals surface area contributed by atoms with E-state index < -0.39 is 40.9 Å². The van der Waals surface area contributed by atoms with Crippen LogP contribution in [0.1, 0.15) is 37.0 Å². The number of hydrogen-bond donors (Lipinski definition) is 2. The third-order valence-corrected chi connectivity index (χ3v) is 4.43. The molecule has 0 saturated carbocycles. The second-order valence-electron chi connectivity index (χ2n) is 7.24. The number of benzene rings is 2. The van der Waals surface area contributed by atoms with Crippen molar-refractivity contribution < 1.29 is 32.3 Å². The van der Waals surface area contributed by atoms with E-state index >= 15 is 0 Å². The topological polar surface area (TPSA) is 87.7 Å². The van der Waals surface area contributed by atoms with Gasteiger partial charge in [-0.25, -0.2) is 18.0 Å². The molecule has 0 aliphatic heterocycles. The van der Waals surface area contributed by atoms with Gasteiger partial charge in [-0.3, -0.25) is 14.5 Å². The van der Waals surface area contributed by atoms with Crippen molar-refractivity contribution >= 4 is 29.2 Å². The summed E-state index contributed by atoms with van der Waals surface area (Å²) >= 11 is 0. The Morgan fingerprint density at radius 2 is 1.48 bits per heavy atom. The number of carbonyl (C=O) groups is 3. The van der Waals surface area contributed by atoms with Crippen molar-refractivity contribution in [2.75, 3.05) is 36.9 Å². The lowest BCUT2D eigenvalue weighted by atomic mass is 10.2. The van der Waals surface area contributed by atoms with Gasteiger partial charge in [0.25, 0.3) is 0 Å². The Balaban J connectivity index is 1.93. The lowest BCUT2D eigenvalue weighted by Crippen LogP contribution is -2.39. The molecule has 2 rings (SSSR count). The first-order valence-corrected chi connectivity index (χ1v) is 10.5. The molecule has 10 heteroatoms. The highest BCUT2D eigenvalue weighted by Gasteiger charge is 2.18. The largest absolute Gasteiger partial charge is 0.462 e. The Morgan fingerprint density at radius 1 is 0.848 bits per heavy atom. The van der Waals surface area contributed by atoms with Crippen LogP contribution < -0.4 is 10.6 Å². The van der Waals surface area contributed by atoms with Gasteiger partial charge >= 0.3 is 5.97 Å². The normalized spacial score (nSPS) is 10.7. The quantitative estimate of drug-likeness (QED) is 0.388. The molecular weight excluding hydrogens is 439 g/mol. The van der Waals surface area contributed by atoms with Crippen molar-refractivity contribution in [1.29, 1.82) is 0 Å². The molecule has 0 heterocycles. The van der Waals surface area contributed by atoms with Crippen LogP contribution in [0.5, 0.6) is 0 Å². The van der Waals surface area contributed by atoms with Crippen molar-refractivity contribution in [3.63, 3.8) is 0 Å². The van der Waals surface area contributed by atoms with E-state index in [2.05, 4.69) is 10.6 Å². The summed E-state index contributed by atoms with van der Waals surface area (Å²) < 4.78 is 45.2. The minimum Gasteiger partial charge on any atom is -0.462 e. The summed E-state index contributed by atoms with van der Waals surface area (Å²) in [6.45, 7) is 4.06. The number of nitrogens with one attached hydrogen (secondary N) is 2. The fourth-order valence-corrected chi connectivity index (χ4v) is 2.92. The van der Waals surface area contributed by atoms with E-state index in [1.165, 1.54) is 17.0 Å². The highest BCUT2D eigenvalue weighted by molar-refractivity contribution is 5.95. The molecule has 0 aliphatic rings. The third-order valence-electron chi connectivity index (χ3n) is 4.43. The summed E-state index contributed by atoms with van der Waals surface area (Å²) in [5.41, 5.74) is 0.323. The van der Waals surface area contributed by atoms with Crippen LogP contribution in [-0.4, -0.2) is 48.9 Å². The van der Waals surface area contributed by atoms with Crippen molar-refractivity contribution in [2.24, 2.45) is 0 Å². The van der Waals surface area contributed by atoms with Crippen LogP contribution in [0.15, 0.2) is 36.4 Å². The van der Waals surface area contributed by atoms with Gasteiger partial charge in [-0.2, -0.15) is 0 Å². The summed E-state index contributed by atoms with van der Waals surface area (Å²) in [6.07, 6.45) is 1.34. The highest BCUT2D eigenvalue weighted by atomic mass is 19.2. The van der Waals surface area contributed by atoms with Crippen molar-refractivity contribution in [1.82, 2.24) is 4.90 Å². The minimum absolute atomic E-state index is 0.137. The maximum absolute atomic E-state index is 13.8. The van der Waals surface area contributed by atoms with Gasteiger partial charge in [-0.15, -0.1) is 0 Å². The molecule has 2 aromatic rings. The first-order chi connectivity index (χ1) is 15.7. The zero-order valence-electron chi connectivity index (χ0n) is 18.4. The maximum Gasteiger partial charge on any atom is 0.338 e. The standard InChI is InChI=1S/C23H26F3N3O4/c1-3-11-29(14-20(31)28-18-10-9-17(24)21(25)22(18)26)13-19(30)27-16-7-5-15(6-8-16)23(32)33-12-4-2/h5-10H,3-4,11-14H2,1-2H3,(H,27,30)(H,28,31). The SMILES string of the molecule is CCCOC(=O)c1ccc(NC(=O)CN(CCC)CC(=O)Nc2ccc(F)c(F)c2F)cc1. The second kappa shape index (κ2) is 12.6. The summed E-state index contributed by atoms with van der Waals surface area (Å²) in [4.78, 5) is 38.0. The molecule has 0 aliphatic carbocycles. The van der Waals surface area contributed by atoms with Gasteiger partial charge in [-0.05, 0) is 55.8 Å². The van der Waals surface area contributed by atoms with Crippen LogP contribution in [0.3, 0.4) is 0 Å². The number of rotatable bonds is 11. The predicted octanol–water partition coefficient (Wildman–Crippen LogP) is 3.96. The Labute approximate surface area is 189 Å². The van der Waals surface area contributed by atoms with E-state index in [9.17, 15) is 27.6 Å². The van der Waals surface area contributed by atoms with Crippen LogP contribution in [0.4, 0.5) is 24.5 Å². The van der Waals surface area contributed by atoms with Gasteiger partial charge < -0.3 is 15.4 Å². The van der Waals surface area contributed by atoms with Crippen LogP contribution >= 0.6 is 0 Å². The number of halogens is 3. The molecule has 2 amide bonds. The number of carbonyl (C=O) groups excluding carboxylic acids is 3. The van der Waals surface area contributed by atoms with Crippen LogP contribution in [0, 0.1) is 17.5 Å². The molecular formula is C23H26F3N3O4. The average molecular weight is 465 g/mol. The summed E-state index contributed by atoms with van der Waals surface area (Å²) in [7, 11) is 0. The number of ether oxygens (including phenoxy) is 1. The van der Waals surface area contributed by atoms with Crippen molar-refractivity contribution in [2.45, 2.75) is 26.7 Å². The third kappa shape index (κ3) is 7.90. The molecule has 0 radical (unpaired) electrons. The molecule has 0 fully saturated rings. The molecule has 0 aromatic heterocycles. The van der Waals surface area contributed by atoms with Gasteiger partial charge in [-0.1, -0.05) is 13.8 Å². The maximum atomic E-state index is 13.8. The van der Waals surface area contributed by atoms with E-state index in [0.717, 1.165) is 6.07 Å². The van der Waals surface area contributed by atoms with Crippen LogP contribution in [-0.2, 0) is 14.3 Å². The molecule has 33 heavy (non-hydrogen) atoms. The van der Waals surface area contributed by atoms with E-state index in [1.807, 2.05) is 13.8 Å². The number of nitrogens with zero attached hydrogens (tertiary/aromatic N) is 1. The van der Waals surface area contributed by atoms with Gasteiger partial charge in [0.05, 0.1) is 30.9 Å². The minimum atomic E-state index is -1.68. The molecule has 2 aromatic carbocycles. The molecule has 0 spiro atoms. The lowest BCUT2D eigenvalue weighted by molar-refractivity contribution is -0.120. The molecule has 2 N–H and O–H groups in total. The van der Waals surface area contributed by atoms with Crippen LogP contribution in [0.2, 0.25) is 0 Å². The fourth-order valence-electron chi connectivity index (χ4n) is 2.92. The predicted molar refractivity (Wildman–Crippen MR) is 117 cm³/mol. The summed E-state index contributed by atoms with van der Waals surface area (Å²) in [6, 6.07) is 7.80.